The first-order valence-electron chi connectivity index (χ1n) is 9.63. The molecule has 0 aliphatic carbocycles. The molecule has 3 aromatic rings. The number of nitrogens with one attached hydrogen (secondary N) is 3. The van der Waals surface area contributed by atoms with Gasteiger partial charge in [0.2, 0.25) is 0 Å². The summed E-state index contributed by atoms with van der Waals surface area (Å²) < 4.78 is 29.7. The summed E-state index contributed by atoms with van der Waals surface area (Å²) in [5, 5.41) is 22.4. The van der Waals surface area contributed by atoms with E-state index in [0.29, 0.717) is 42.5 Å². The van der Waals surface area contributed by atoms with Crippen LogP contribution in [0.25, 0.3) is 0 Å². The summed E-state index contributed by atoms with van der Waals surface area (Å²) in [6.07, 6.45) is 3.20. The fourth-order valence-corrected chi connectivity index (χ4v) is 3.36. The Morgan fingerprint density at radius 1 is 1.31 bits per heavy atom. The minimum Gasteiger partial charge on any atom is -0.420 e. The summed E-state index contributed by atoms with van der Waals surface area (Å²) in [5.41, 5.74) is -2.62. The fraction of sp³-hybridized carbons (Fsp3) is 0.250. The monoisotopic (exact) mass is 464 g/mol. The number of hydrogen-bond donors (Lipinski definition) is 4. The number of β-amino-alcohol motifs (C(OH)–C–C–N with tert-alkyl or cyclic N) is 1. The first-order valence-corrected chi connectivity index (χ1v) is 10.0. The Morgan fingerprint density at radius 3 is 2.72 bits per heavy atom. The molecule has 12 heteroatoms. The van der Waals surface area contributed by atoms with Crippen LogP contribution in [0.1, 0.15) is 16.8 Å². The van der Waals surface area contributed by atoms with Crippen LogP contribution in [-0.2, 0) is 0 Å². The van der Waals surface area contributed by atoms with Crippen molar-refractivity contribution in [1.29, 1.82) is 0 Å². The van der Waals surface area contributed by atoms with E-state index in [0.717, 1.165) is 0 Å². The van der Waals surface area contributed by atoms with Crippen LogP contribution >= 0.6 is 11.6 Å². The second-order valence-electron chi connectivity index (χ2n) is 7.11. The lowest BCUT2D eigenvalue weighted by atomic mass is 10.2. The molecule has 9 nitrogen and oxygen atoms in total. The molecule has 32 heavy (non-hydrogen) atoms. The van der Waals surface area contributed by atoms with Gasteiger partial charge in [0.15, 0.2) is 5.82 Å². The van der Waals surface area contributed by atoms with Gasteiger partial charge in [0.05, 0.1) is 23.6 Å². The molecular formula is C20H19ClF2N6O3. The predicted octanol–water partition coefficient (Wildman–Crippen LogP) is 3.54. The summed E-state index contributed by atoms with van der Waals surface area (Å²) >= 11 is 4.74. The normalized spacial score (nSPS) is 16.1. The number of carbonyl (C=O) groups is 1. The Hall–Kier alpha value is -3.44. The highest BCUT2D eigenvalue weighted by Gasteiger charge is 2.27. The standard InChI is InChI=1S/C20H19ClF2N6O3/c21-20(22,23)32-15-3-1-13(2-4-15)26-19(31)12-9-16(27-17-5-7-25-28-17)18(24-10-12)29-8-6-14(30)11-29/h1-5,7,9-10,14,30H,6,8,11H2,(H,26,31)(H2,25,27,28). The summed E-state index contributed by atoms with van der Waals surface area (Å²) in [6.45, 7) is 1.07. The molecule has 168 valence electrons. The SMILES string of the molecule is O=C(Nc1ccc(OC(F)(F)Cl)cc1)c1cnc(N2CCC(O)C2)c(Nc2ccn[nH]2)c1. The van der Waals surface area contributed by atoms with Crippen molar-refractivity contribution in [2.45, 2.75) is 18.1 Å². The molecule has 3 heterocycles. The number of amides is 1. The number of aliphatic hydroxyl groups is 1. The number of benzene rings is 1. The summed E-state index contributed by atoms with van der Waals surface area (Å²) in [4.78, 5) is 19.1. The van der Waals surface area contributed by atoms with Crippen molar-refractivity contribution in [3.05, 3.63) is 54.4 Å². The zero-order valence-corrected chi connectivity index (χ0v) is 17.3. The van der Waals surface area contributed by atoms with Gasteiger partial charge in [-0.3, -0.25) is 9.89 Å². The van der Waals surface area contributed by atoms with E-state index in [-0.39, 0.29) is 11.3 Å². The van der Waals surface area contributed by atoms with Gasteiger partial charge in [-0.05, 0) is 36.8 Å². The van der Waals surface area contributed by atoms with Crippen LogP contribution in [-0.4, -0.2) is 51.0 Å². The maximum Gasteiger partial charge on any atom is 0.487 e. The van der Waals surface area contributed by atoms with Gasteiger partial charge in [-0.15, -0.1) is 8.78 Å². The number of rotatable bonds is 7. The van der Waals surface area contributed by atoms with Crippen molar-refractivity contribution in [2.24, 2.45) is 0 Å². The topological polar surface area (TPSA) is 115 Å². The minimum absolute atomic E-state index is 0.145. The number of carbonyl (C=O) groups excluding carboxylic acids is 1. The highest BCUT2D eigenvalue weighted by Crippen LogP contribution is 2.30. The van der Waals surface area contributed by atoms with E-state index in [1.54, 1.807) is 18.3 Å². The molecule has 0 bridgehead atoms. The van der Waals surface area contributed by atoms with Gasteiger partial charge in [0.1, 0.15) is 11.6 Å². The molecule has 1 atom stereocenters. The van der Waals surface area contributed by atoms with Crippen molar-refractivity contribution in [3.63, 3.8) is 0 Å². The molecule has 1 aliphatic heterocycles. The van der Waals surface area contributed by atoms with Crippen LogP contribution in [0.4, 0.5) is 31.8 Å². The van der Waals surface area contributed by atoms with E-state index in [2.05, 4.69) is 30.6 Å². The van der Waals surface area contributed by atoms with Gasteiger partial charge in [0, 0.05) is 42.6 Å². The Balaban J connectivity index is 1.53. The van der Waals surface area contributed by atoms with Crippen LogP contribution in [0.3, 0.4) is 0 Å². The molecule has 0 spiro atoms. The van der Waals surface area contributed by atoms with Gasteiger partial charge in [-0.25, -0.2) is 4.98 Å². The van der Waals surface area contributed by atoms with Gasteiger partial charge >= 0.3 is 5.57 Å². The highest BCUT2D eigenvalue weighted by molar-refractivity contribution is 6.20. The van der Waals surface area contributed by atoms with E-state index in [4.69, 9.17) is 11.6 Å². The lowest BCUT2D eigenvalue weighted by Gasteiger charge is -2.21. The molecule has 1 aromatic carbocycles. The maximum atomic E-state index is 12.7. The van der Waals surface area contributed by atoms with Gasteiger partial charge in [0.25, 0.3) is 5.91 Å². The average molecular weight is 465 g/mol. The van der Waals surface area contributed by atoms with Gasteiger partial charge < -0.3 is 25.4 Å². The van der Waals surface area contributed by atoms with E-state index in [9.17, 15) is 18.7 Å². The first kappa shape index (κ1) is 21.8. The number of hydrogen-bond acceptors (Lipinski definition) is 7. The number of alkyl halides is 3. The molecular weight excluding hydrogens is 446 g/mol. The molecule has 4 rings (SSSR count). The number of aromatic amines is 1. The second kappa shape index (κ2) is 8.97. The number of anilines is 4. The summed E-state index contributed by atoms with van der Waals surface area (Å²) in [7, 11) is 0. The Kier molecular flexibility index (Phi) is 6.10. The molecule has 0 radical (unpaired) electrons. The lowest BCUT2D eigenvalue weighted by molar-refractivity contribution is -0.0964. The third-order valence-corrected chi connectivity index (χ3v) is 4.78. The minimum atomic E-state index is -3.82. The molecule has 1 unspecified atom stereocenters. The van der Waals surface area contributed by atoms with Crippen LogP contribution in [0.15, 0.2) is 48.8 Å². The molecule has 1 aliphatic rings. The van der Waals surface area contributed by atoms with Gasteiger partial charge in [-0.1, -0.05) is 0 Å². The van der Waals surface area contributed by atoms with Gasteiger partial charge in [-0.2, -0.15) is 5.10 Å². The number of aromatic nitrogens is 3. The summed E-state index contributed by atoms with van der Waals surface area (Å²) in [6, 6.07) is 8.70. The van der Waals surface area contributed by atoms with Crippen LogP contribution in [0, 0.1) is 0 Å². The highest BCUT2D eigenvalue weighted by atomic mass is 35.5. The molecule has 1 saturated heterocycles. The average Bonchev–Trinajstić information content (AvgIpc) is 3.40. The maximum absolute atomic E-state index is 12.7. The van der Waals surface area contributed by atoms with Crippen LogP contribution in [0.2, 0.25) is 0 Å². The smallest absolute Gasteiger partial charge is 0.420 e. The third-order valence-electron chi connectivity index (χ3n) is 4.71. The Labute approximate surface area is 186 Å². The second-order valence-corrected chi connectivity index (χ2v) is 7.55. The lowest BCUT2D eigenvalue weighted by Crippen LogP contribution is -2.24. The van der Waals surface area contributed by atoms with E-state index < -0.39 is 17.6 Å². The number of H-pyrrole nitrogens is 1. The number of pyridine rings is 1. The van der Waals surface area contributed by atoms with Crippen LogP contribution < -0.4 is 20.3 Å². The first-order chi connectivity index (χ1) is 15.3. The summed E-state index contributed by atoms with van der Waals surface area (Å²) in [5.74, 6) is 0.607. The van der Waals surface area contributed by atoms with Crippen LogP contribution in [0.5, 0.6) is 5.75 Å². The van der Waals surface area contributed by atoms with E-state index in [1.807, 2.05) is 4.90 Å². The Bertz CT molecular complexity index is 1080. The number of ether oxygens (including phenoxy) is 1. The largest absolute Gasteiger partial charge is 0.487 e. The molecule has 1 fully saturated rings. The fourth-order valence-electron chi connectivity index (χ4n) is 3.27. The molecule has 0 saturated carbocycles. The molecule has 1 amide bonds. The molecule has 4 N–H and O–H groups in total. The zero-order chi connectivity index (χ0) is 22.7. The third kappa shape index (κ3) is 5.42. The van der Waals surface area contributed by atoms with Crippen molar-refractivity contribution in [1.82, 2.24) is 15.2 Å². The van der Waals surface area contributed by atoms with Crippen molar-refractivity contribution >= 4 is 40.5 Å². The van der Waals surface area contributed by atoms with Crippen molar-refractivity contribution in [2.75, 3.05) is 28.6 Å². The zero-order valence-electron chi connectivity index (χ0n) is 16.6. The number of halogens is 3. The quantitative estimate of drug-likeness (QED) is 0.395. The number of nitrogens with zero attached hydrogens (tertiary/aromatic N) is 3. The van der Waals surface area contributed by atoms with E-state index >= 15 is 0 Å². The number of aliphatic hydroxyl groups excluding tert-OH is 1. The Morgan fingerprint density at radius 2 is 2.09 bits per heavy atom. The predicted molar refractivity (Wildman–Crippen MR) is 115 cm³/mol. The molecule has 2 aromatic heterocycles. The van der Waals surface area contributed by atoms with Crippen molar-refractivity contribution in [3.8, 4) is 5.75 Å². The van der Waals surface area contributed by atoms with E-state index in [1.165, 1.54) is 30.5 Å². The van der Waals surface area contributed by atoms with Crippen molar-refractivity contribution < 1.29 is 23.4 Å².